The Morgan fingerprint density at radius 1 is 1.20 bits per heavy atom. The molecule has 0 amide bonds. The quantitative estimate of drug-likeness (QED) is 0.921. The molecule has 4 nitrogen and oxygen atoms in total. The number of nitrogens with zero attached hydrogens (tertiary/aromatic N) is 3. The molecule has 1 aliphatic rings. The molecule has 0 spiro atoms. The molecule has 5 heteroatoms. The molecule has 0 fully saturated rings. The Balaban J connectivity index is 1.98. The van der Waals surface area contributed by atoms with Crippen LogP contribution in [0.4, 0.5) is 0 Å². The largest absolute Gasteiger partial charge is 0.379 e. The van der Waals surface area contributed by atoms with Gasteiger partial charge in [0.15, 0.2) is 5.17 Å². The average molecular weight is 284 g/mol. The van der Waals surface area contributed by atoms with Crippen molar-refractivity contribution in [2.75, 3.05) is 6.54 Å². The fourth-order valence-corrected chi connectivity index (χ4v) is 3.43. The Hall–Kier alpha value is -1.88. The third-order valence-electron chi connectivity index (χ3n) is 3.55. The zero-order chi connectivity index (χ0) is 14.0. The highest BCUT2D eigenvalue weighted by atomic mass is 32.2. The van der Waals surface area contributed by atoms with Gasteiger partial charge in [-0.2, -0.15) is 0 Å². The molecule has 1 aromatic carbocycles. The van der Waals surface area contributed by atoms with Crippen LogP contribution in [0.25, 0.3) is 11.1 Å². The van der Waals surface area contributed by atoms with Gasteiger partial charge in [0.25, 0.3) is 0 Å². The van der Waals surface area contributed by atoms with E-state index in [9.17, 15) is 0 Å². The van der Waals surface area contributed by atoms with E-state index in [-0.39, 0.29) is 4.75 Å². The van der Waals surface area contributed by atoms with Crippen LogP contribution in [0, 0.1) is 0 Å². The van der Waals surface area contributed by atoms with Crippen molar-refractivity contribution < 1.29 is 0 Å². The second kappa shape index (κ2) is 5.25. The Morgan fingerprint density at radius 3 is 2.75 bits per heavy atom. The van der Waals surface area contributed by atoms with E-state index in [1.54, 1.807) is 18.1 Å². The van der Waals surface area contributed by atoms with Crippen LogP contribution in [-0.4, -0.2) is 21.7 Å². The van der Waals surface area contributed by atoms with Crippen molar-refractivity contribution in [1.82, 2.24) is 9.97 Å². The fourth-order valence-electron chi connectivity index (χ4n) is 2.37. The minimum absolute atomic E-state index is 0.0164. The molecule has 0 aliphatic carbocycles. The highest BCUT2D eigenvalue weighted by molar-refractivity contribution is 8.14. The van der Waals surface area contributed by atoms with Crippen LogP contribution in [0.2, 0.25) is 0 Å². The van der Waals surface area contributed by atoms with Gasteiger partial charge in [-0.15, -0.1) is 0 Å². The molecule has 2 N–H and O–H groups in total. The van der Waals surface area contributed by atoms with Gasteiger partial charge in [0.2, 0.25) is 0 Å². The molecule has 0 bridgehead atoms. The first-order valence-electron chi connectivity index (χ1n) is 6.52. The van der Waals surface area contributed by atoms with Crippen LogP contribution in [0.3, 0.4) is 0 Å². The summed E-state index contributed by atoms with van der Waals surface area (Å²) in [5, 5.41) is 0.673. The van der Waals surface area contributed by atoms with E-state index < -0.39 is 0 Å². The summed E-state index contributed by atoms with van der Waals surface area (Å²) in [6.07, 6.45) is 6.20. The average Bonchev–Trinajstić information content (AvgIpc) is 2.48. The van der Waals surface area contributed by atoms with Gasteiger partial charge < -0.3 is 5.73 Å². The zero-order valence-corrected chi connectivity index (χ0v) is 12.1. The van der Waals surface area contributed by atoms with Gasteiger partial charge in [0.1, 0.15) is 6.33 Å². The van der Waals surface area contributed by atoms with Gasteiger partial charge in [-0.05, 0) is 30.5 Å². The molecule has 0 saturated heterocycles. The summed E-state index contributed by atoms with van der Waals surface area (Å²) in [5.41, 5.74) is 9.31. The number of amidine groups is 1. The molecule has 0 saturated carbocycles. The number of benzene rings is 1. The van der Waals surface area contributed by atoms with Gasteiger partial charge >= 0.3 is 0 Å². The van der Waals surface area contributed by atoms with Crippen molar-refractivity contribution in [3.8, 4) is 11.1 Å². The summed E-state index contributed by atoms with van der Waals surface area (Å²) >= 11 is 1.64. The summed E-state index contributed by atoms with van der Waals surface area (Å²) in [4.78, 5) is 12.4. The van der Waals surface area contributed by atoms with Crippen molar-refractivity contribution in [2.24, 2.45) is 10.7 Å². The van der Waals surface area contributed by atoms with Crippen LogP contribution in [0.1, 0.15) is 18.9 Å². The lowest BCUT2D eigenvalue weighted by Gasteiger charge is -2.31. The second-order valence-electron chi connectivity index (χ2n) is 5.01. The van der Waals surface area contributed by atoms with Gasteiger partial charge in [-0.3, -0.25) is 4.99 Å². The third kappa shape index (κ3) is 2.54. The predicted octanol–water partition coefficient (Wildman–Crippen LogP) is 2.81. The van der Waals surface area contributed by atoms with E-state index in [2.05, 4.69) is 46.1 Å². The van der Waals surface area contributed by atoms with E-state index in [0.29, 0.717) is 5.17 Å². The third-order valence-corrected chi connectivity index (χ3v) is 4.78. The van der Waals surface area contributed by atoms with Crippen molar-refractivity contribution in [3.63, 3.8) is 0 Å². The van der Waals surface area contributed by atoms with Gasteiger partial charge in [-0.1, -0.05) is 30.0 Å². The molecule has 2 heterocycles. The van der Waals surface area contributed by atoms with Gasteiger partial charge in [0.05, 0.1) is 0 Å². The van der Waals surface area contributed by atoms with Crippen LogP contribution >= 0.6 is 11.8 Å². The number of hydrogen-bond acceptors (Lipinski definition) is 5. The number of rotatable bonds is 2. The minimum Gasteiger partial charge on any atom is -0.379 e. The first-order chi connectivity index (χ1) is 9.67. The van der Waals surface area contributed by atoms with E-state index in [0.717, 1.165) is 24.1 Å². The molecule has 0 radical (unpaired) electrons. The molecule has 1 aromatic heterocycles. The smallest absolute Gasteiger partial charge is 0.154 e. The standard InChI is InChI=1S/C15H16N4S/c1-15(5-6-19-14(16)20-15)13-4-2-3-11(7-13)12-8-17-10-18-9-12/h2-4,7-10H,5-6H2,1H3,(H2,16,19)/t15-/m0/s1. The van der Waals surface area contributed by atoms with Crippen molar-refractivity contribution >= 4 is 16.9 Å². The second-order valence-corrected chi connectivity index (χ2v) is 6.53. The van der Waals surface area contributed by atoms with E-state index in [1.165, 1.54) is 5.56 Å². The first kappa shape index (κ1) is 13.1. The minimum atomic E-state index is -0.0164. The summed E-state index contributed by atoms with van der Waals surface area (Å²) in [7, 11) is 0. The molecule has 20 heavy (non-hydrogen) atoms. The molecule has 3 rings (SSSR count). The fraction of sp³-hybridized carbons (Fsp3) is 0.267. The lowest BCUT2D eigenvalue weighted by atomic mass is 9.93. The number of hydrogen-bond donors (Lipinski definition) is 1. The summed E-state index contributed by atoms with van der Waals surface area (Å²) < 4.78 is -0.0164. The number of aromatic nitrogens is 2. The normalized spacial score (nSPS) is 22.4. The maximum atomic E-state index is 5.89. The van der Waals surface area contributed by atoms with E-state index >= 15 is 0 Å². The molecule has 0 unspecified atom stereocenters. The van der Waals surface area contributed by atoms with E-state index in [1.807, 2.05) is 12.4 Å². The maximum absolute atomic E-state index is 5.89. The maximum Gasteiger partial charge on any atom is 0.154 e. The SMILES string of the molecule is C[C@@]1(c2cccc(-c3cncnc3)c2)CCN=C(N)S1. The van der Waals surface area contributed by atoms with Gasteiger partial charge in [0, 0.05) is 29.2 Å². The molecular formula is C15H16N4S. The lowest BCUT2D eigenvalue weighted by Crippen LogP contribution is -2.28. The Kier molecular flexibility index (Phi) is 3.44. The first-order valence-corrected chi connectivity index (χ1v) is 7.34. The Morgan fingerprint density at radius 2 is 2.00 bits per heavy atom. The van der Waals surface area contributed by atoms with Crippen LogP contribution in [0.15, 0.2) is 48.0 Å². The molecule has 2 aromatic rings. The zero-order valence-electron chi connectivity index (χ0n) is 11.3. The highest BCUT2D eigenvalue weighted by Crippen LogP contribution is 2.42. The van der Waals surface area contributed by atoms with Crippen molar-refractivity contribution in [1.29, 1.82) is 0 Å². The lowest BCUT2D eigenvalue weighted by molar-refractivity contribution is 0.628. The number of aliphatic imine (C=N–C) groups is 1. The molecular weight excluding hydrogens is 268 g/mol. The monoisotopic (exact) mass is 284 g/mol. The summed E-state index contributed by atoms with van der Waals surface area (Å²) in [5.74, 6) is 0. The van der Waals surface area contributed by atoms with Crippen molar-refractivity contribution in [3.05, 3.63) is 48.5 Å². The van der Waals surface area contributed by atoms with Crippen LogP contribution < -0.4 is 5.73 Å². The molecule has 102 valence electrons. The predicted molar refractivity (Wildman–Crippen MR) is 83.5 cm³/mol. The summed E-state index contributed by atoms with van der Waals surface area (Å²) in [6, 6.07) is 8.51. The molecule has 1 aliphatic heterocycles. The van der Waals surface area contributed by atoms with Crippen LogP contribution in [-0.2, 0) is 4.75 Å². The summed E-state index contributed by atoms with van der Waals surface area (Å²) in [6.45, 7) is 3.01. The highest BCUT2D eigenvalue weighted by Gasteiger charge is 2.31. The van der Waals surface area contributed by atoms with Gasteiger partial charge in [-0.25, -0.2) is 9.97 Å². The van der Waals surface area contributed by atoms with Crippen molar-refractivity contribution in [2.45, 2.75) is 18.1 Å². The number of thioether (sulfide) groups is 1. The molecule has 1 atom stereocenters. The number of nitrogens with two attached hydrogens (primary N) is 1. The van der Waals surface area contributed by atoms with Crippen LogP contribution in [0.5, 0.6) is 0 Å². The topological polar surface area (TPSA) is 64.2 Å². The Labute approximate surface area is 122 Å². The van der Waals surface area contributed by atoms with E-state index in [4.69, 9.17) is 5.73 Å². The Bertz CT molecular complexity index is 641.